The summed E-state index contributed by atoms with van der Waals surface area (Å²) in [6.07, 6.45) is 2.07. The van der Waals surface area contributed by atoms with Crippen LogP contribution in [0.25, 0.3) is 0 Å². The van der Waals surface area contributed by atoms with Crippen molar-refractivity contribution in [1.29, 1.82) is 0 Å². The van der Waals surface area contributed by atoms with Gasteiger partial charge in [0.15, 0.2) is 0 Å². The van der Waals surface area contributed by atoms with Crippen LogP contribution in [-0.4, -0.2) is 15.8 Å². The smallest absolute Gasteiger partial charge is 0.129 e. The van der Waals surface area contributed by atoms with Crippen molar-refractivity contribution in [3.63, 3.8) is 0 Å². The van der Waals surface area contributed by atoms with Gasteiger partial charge in [-0.3, -0.25) is 4.68 Å². The second-order valence-electron chi connectivity index (χ2n) is 4.82. The number of hydrogen-bond donors (Lipinski definition) is 1. The van der Waals surface area contributed by atoms with Crippen molar-refractivity contribution in [1.82, 2.24) is 15.1 Å². The average Bonchev–Trinajstić information content (AvgIpc) is 2.88. The molecular weight excluding hydrogens is 260 g/mol. The normalized spacial score (nSPS) is 12.6. The van der Waals surface area contributed by atoms with Crippen LogP contribution >= 0.6 is 0 Å². The molecule has 0 aliphatic rings. The first kappa shape index (κ1) is 14.7. The van der Waals surface area contributed by atoms with Crippen molar-refractivity contribution < 1.29 is 8.78 Å². The van der Waals surface area contributed by atoms with E-state index in [0.717, 1.165) is 12.2 Å². The van der Waals surface area contributed by atoms with Gasteiger partial charge in [-0.2, -0.15) is 5.10 Å². The topological polar surface area (TPSA) is 29.9 Å². The van der Waals surface area contributed by atoms with Crippen molar-refractivity contribution in [3.05, 3.63) is 53.4 Å². The number of nitrogens with zero attached hydrogens (tertiary/aromatic N) is 2. The lowest BCUT2D eigenvalue weighted by molar-refractivity contribution is 0.486. The van der Waals surface area contributed by atoms with Gasteiger partial charge in [-0.15, -0.1) is 0 Å². The van der Waals surface area contributed by atoms with Crippen LogP contribution in [0.5, 0.6) is 0 Å². The van der Waals surface area contributed by atoms with Crippen LogP contribution in [0.15, 0.2) is 30.5 Å². The van der Waals surface area contributed by atoms with Crippen molar-refractivity contribution in [3.8, 4) is 0 Å². The summed E-state index contributed by atoms with van der Waals surface area (Å²) in [5.41, 5.74) is 1.20. The van der Waals surface area contributed by atoms with E-state index < -0.39 is 11.6 Å². The molecular formula is C15H19F2N3. The fourth-order valence-electron chi connectivity index (χ4n) is 2.18. The molecule has 0 aliphatic carbocycles. The van der Waals surface area contributed by atoms with Gasteiger partial charge in [0.05, 0.1) is 5.69 Å². The van der Waals surface area contributed by atoms with E-state index in [1.54, 1.807) is 6.20 Å². The molecule has 0 radical (unpaired) electrons. The SMILES string of the molecule is CCn1nccc1CNC(C)Cc1c(F)cccc1F. The van der Waals surface area contributed by atoms with Crippen LogP contribution in [0.1, 0.15) is 25.1 Å². The summed E-state index contributed by atoms with van der Waals surface area (Å²) >= 11 is 0. The lowest BCUT2D eigenvalue weighted by Gasteiger charge is -2.15. The molecule has 2 rings (SSSR count). The number of rotatable bonds is 6. The van der Waals surface area contributed by atoms with E-state index in [-0.39, 0.29) is 11.6 Å². The van der Waals surface area contributed by atoms with Crippen molar-refractivity contribution in [2.24, 2.45) is 0 Å². The highest BCUT2D eigenvalue weighted by atomic mass is 19.1. The molecule has 1 aromatic carbocycles. The van der Waals surface area contributed by atoms with Gasteiger partial charge in [-0.05, 0) is 38.5 Å². The molecule has 0 amide bonds. The van der Waals surface area contributed by atoms with E-state index in [1.165, 1.54) is 18.2 Å². The number of benzene rings is 1. The predicted octanol–water partition coefficient (Wildman–Crippen LogP) is 2.90. The van der Waals surface area contributed by atoms with Gasteiger partial charge in [-0.1, -0.05) is 6.07 Å². The quantitative estimate of drug-likeness (QED) is 0.881. The van der Waals surface area contributed by atoms with Gasteiger partial charge in [0, 0.05) is 30.9 Å². The molecule has 0 aliphatic heterocycles. The second-order valence-corrected chi connectivity index (χ2v) is 4.82. The largest absolute Gasteiger partial charge is 0.308 e. The van der Waals surface area contributed by atoms with Crippen LogP contribution < -0.4 is 5.32 Å². The Balaban J connectivity index is 1.94. The third-order valence-electron chi connectivity index (χ3n) is 3.31. The molecule has 2 aromatic rings. The Hall–Kier alpha value is -1.75. The van der Waals surface area contributed by atoms with E-state index >= 15 is 0 Å². The molecule has 1 heterocycles. The Labute approximate surface area is 117 Å². The zero-order valence-corrected chi connectivity index (χ0v) is 11.7. The summed E-state index contributed by atoms with van der Waals surface area (Å²) in [7, 11) is 0. The predicted molar refractivity (Wildman–Crippen MR) is 74.3 cm³/mol. The van der Waals surface area contributed by atoms with Crippen LogP contribution in [0.3, 0.4) is 0 Å². The standard InChI is InChI=1S/C15H19F2N3/c1-3-20-12(7-8-19-20)10-18-11(2)9-13-14(16)5-4-6-15(13)17/h4-8,11,18H,3,9-10H2,1-2H3. The maximum absolute atomic E-state index is 13.6. The molecule has 0 bridgehead atoms. The lowest BCUT2D eigenvalue weighted by Crippen LogP contribution is -2.29. The van der Waals surface area contributed by atoms with E-state index in [4.69, 9.17) is 0 Å². The first-order valence-electron chi connectivity index (χ1n) is 6.78. The number of hydrogen-bond acceptors (Lipinski definition) is 2. The molecule has 5 heteroatoms. The zero-order chi connectivity index (χ0) is 14.5. The fourth-order valence-corrected chi connectivity index (χ4v) is 2.18. The monoisotopic (exact) mass is 279 g/mol. The van der Waals surface area contributed by atoms with Gasteiger partial charge in [0.2, 0.25) is 0 Å². The Bertz CT molecular complexity index is 546. The zero-order valence-electron chi connectivity index (χ0n) is 11.7. The summed E-state index contributed by atoms with van der Waals surface area (Å²) in [5.74, 6) is -0.977. The first-order chi connectivity index (χ1) is 9.61. The Morgan fingerprint density at radius 3 is 2.60 bits per heavy atom. The molecule has 20 heavy (non-hydrogen) atoms. The fraction of sp³-hybridized carbons (Fsp3) is 0.400. The molecule has 1 atom stereocenters. The molecule has 0 spiro atoms. The number of aryl methyl sites for hydroxylation is 1. The Morgan fingerprint density at radius 2 is 1.95 bits per heavy atom. The van der Waals surface area contributed by atoms with Crippen molar-refractivity contribution >= 4 is 0 Å². The van der Waals surface area contributed by atoms with Gasteiger partial charge < -0.3 is 5.32 Å². The maximum atomic E-state index is 13.6. The van der Waals surface area contributed by atoms with Gasteiger partial charge in [-0.25, -0.2) is 8.78 Å². The lowest BCUT2D eigenvalue weighted by atomic mass is 10.1. The molecule has 1 N–H and O–H groups in total. The second kappa shape index (κ2) is 6.61. The highest BCUT2D eigenvalue weighted by molar-refractivity contribution is 5.20. The van der Waals surface area contributed by atoms with E-state index in [1.807, 2.05) is 24.6 Å². The minimum absolute atomic E-state index is 0.0263. The van der Waals surface area contributed by atoms with Gasteiger partial charge in [0.1, 0.15) is 11.6 Å². The average molecular weight is 279 g/mol. The molecule has 0 fully saturated rings. The van der Waals surface area contributed by atoms with E-state index in [2.05, 4.69) is 10.4 Å². The van der Waals surface area contributed by atoms with Crippen LogP contribution in [-0.2, 0) is 19.5 Å². The van der Waals surface area contributed by atoms with Crippen LogP contribution in [0, 0.1) is 11.6 Å². The van der Waals surface area contributed by atoms with Crippen molar-refractivity contribution in [2.75, 3.05) is 0 Å². The third kappa shape index (κ3) is 3.42. The summed E-state index contributed by atoms with van der Waals surface area (Å²) in [4.78, 5) is 0. The minimum atomic E-state index is -0.489. The molecule has 1 unspecified atom stereocenters. The highest BCUT2D eigenvalue weighted by Crippen LogP contribution is 2.14. The van der Waals surface area contributed by atoms with Crippen LogP contribution in [0.2, 0.25) is 0 Å². The molecule has 3 nitrogen and oxygen atoms in total. The molecule has 108 valence electrons. The molecule has 1 aromatic heterocycles. The minimum Gasteiger partial charge on any atom is -0.308 e. The third-order valence-corrected chi connectivity index (χ3v) is 3.31. The highest BCUT2D eigenvalue weighted by Gasteiger charge is 2.12. The van der Waals surface area contributed by atoms with Gasteiger partial charge in [0.25, 0.3) is 0 Å². The number of nitrogens with one attached hydrogen (secondary N) is 1. The summed E-state index contributed by atoms with van der Waals surface area (Å²) in [6.45, 7) is 5.37. The van der Waals surface area contributed by atoms with E-state index in [0.29, 0.717) is 13.0 Å². The number of halogens is 2. The Kier molecular flexibility index (Phi) is 4.84. The summed E-state index contributed by atoms with van der Waals surface area (Å²) in [5, 5.41) is 7.45. The summed E-state index contributed by atoms with van der Waals surface area (Å²) < 4.78 is 29.0. The number of aromatic nitrogens is 2. The van der Waals surface area contributed by atoms with Crippen LogP contribution in [0.4, 0.5) is 8.78 Å². The maximum Gasteiger partial charge on any atom is 0.129 e. The molecule has 0 saturated carbocycles. The van der Waals surface area contributed by atoms with Gasteiger partial charge >= 0.3 is 0 Å². The summed E-state index contributed by atoms with van der Waals surface area (Å²) in [6, 6.07) is 5.87. The Morgan fingerprint density at radius 1 is 1.25 bits per heavy atom. The molecule has 0 saturated heterocycles. The van der Waals surface area contributed by atoms with Crippen molar-refractivity contribution in [2.45, 2.75) is 39.4 Å². The van der Waals surface area contributed by atoms with E-state index in [9.17, 15) is 8.78 Å². The first-order valence-corrected chi connectivity index (χ1v) is 6.78.